The molecular formula is C13H19N5. The lowest BCUT2D eigenvalue weighted by atomic mass is 10.3. The van der Waals surface area contributed by atoms with Crippen molar-refractivity contribution < 1.29 is 0 Å². The second-order valence-corrected chi connectivity index (χ2v) is 4.56. The Hall–Kier alpha value is -2.04. The number of anilines is 2. The van der Waals surface area contributed by atoms with Crippen LogP contribution in [0.1, 0.15) is 31.3 Å². The number of nitrogens with zero attached hydrogens (tertiary/aromatic N) is 3. The van der Waals surface area contributed by atoms with E-state index >= 15 is 0 Å². The topological polar surface area (TPSA) is 68.8 Å². The first-order valence-electron chi connectivity index (χ1n) is 6.08. The van der Waals surface area contributed by atoms with Gasteiger partial charge in [-0.05, 0) is 32.9 Å². The van der Waals surface area contributed by atoms with Crippen LogP contribution in [0.15, 0.2) is 24.4 Å². The molecule has 0 bridgehead atoms. The molecule has 5 heteroatoms. The number of aryl methyl sites for hydroxylation is 1. The number of hydrogen-bond acceptors (Lipinski definition) is 4. The van der Waals surface area contributed by atoms with Crippen molar-refractivity contribution in [1.82, 2.24) is 14.8 Å². The predicted octanol–water partition coefficient (Wildman–Crippen LogP) is 2.36. The summed E-state index contributed by atoms with van der Waals surface area (Å²) >= 11 is 0. The Kier molecular flexibility index (Phi) is 3.50. The zero-order chi connectivity index (χ0) is 13.1. The molecular weight excluding hydrogens is 226 g/mol. The van der Waals surface area contributed by atoms with Gasteiger partial charge in [-0.25, -0.2) is 4.68 Å². The van der Waals surface area contributed by atoms with Crippen LogP contribution in [0.3, 0.4) is 0 Å². The van der Waals surface area contributed by atoms with Gasteiger partial charge in [0.05, 0.1) is 23.6 Å². The molecule has 0 radical (unpaired) electrons. The summed E-state index contributed by atoms with van der Waals surface area (Å²) in [6.45, 7) is 6.72. The van der Waals surface area contributed by atoms with Gasteiger partial charge in [-0.15, -0.1) is 0 Å². The number of pyridine rings is 1. The highest BCUT2D eigenvalue weighted by Gasteiger charge is 2.14. The Morgan fingerprint density at radius 3 is 2.78 bits per heavy atom. The lowest BCUT2D eigenvalue weighted by molar-refractivity contribution is 0.534. The van der Waals surface area contributed by atoms with Crippen molar-refractivity contribution in [3.63, 3.8) is 0 Å². The van der Waals surface area contributed by atoms with E-state index < -0.39 is 0 Å². The minimum Gasteiger partial charge on any atom is -0.394 e. The molecule has 2 aromatic heterocycles. The summed E-state index contributed by atoms with van der Waals surface area (Å²) in [6, 6.07) is 6.12. The largest absolute Gasteiger partial charge is 0.394 e. The Morgan fingerprint density at radius 2 is 2.17 bits per heavy atom. The maximum Gasteiger partial charge on any atom is 0.148 e. The SMILES string of the molecule is Cc1nn(C(C)C)c(NCc2ccccn2)c1N. The van der Waals surface area contributed by atoms with Gasteiger partial charge in [0, 0.05) is 12.2 Å². The van der Waals surface area contributed by atoms with Gasteiger partial charge in [-0.2, -0.15) is 5.10 Å². The zero-order valence-electron chi connectivity index (χ0n) is 11.0. The van der Waals surface area contributed by atoms with Crippen LogP contribution in [0.4, 0.5) is 11.5 Å². The molecule has 0 aromatic carbocycles. The number of nitrogen functional groups attached to an aromatic ring is 1. The van der Waals surface area contributed by atoms with Crippen LogP contribution in [-0.2, 0) is 6.54 Å². The molecule has 0 spiro atoms. The van der Waals surface area contributed by atoms with Crippen molar-refractivity contribution >= 4 is 11.5 Å². The maximum absolute atomic E-state index is 6.04. The minimum absolute atomic E-state index is 0.271. The molecule has 0 fully saturated rings. The van der Waals surface area contributed by atoms with Gasteiger partial charge < -0.3 is 11.1 Å². The number of hydrogen-bond donors (Lipinski definition) is 2. The summed E-state index contributed by atoms with van der Waals surface area (Å²) < 4.78 is 1.91. The first-order valence-corrected chi connectivity index (χ1v) is 6.08. The van der Waals surface area contributed by atoms with Gasteiger partial charge in [-0.3, -0.25) is 4.98 Å². The minimum atomic E-state index is 0.271. The summed E-state index contributed by atoms with van der Waals surface area (Å²) in [5.41, 5.74) is 8.58. The van der Waals surface area contributed by atoms with E-state index in [1.165, 1.54) is 0 Å². The van der Waals surface area contributed by atoms with Crippen molar-refractivity contribution in [3.05, 3.63) is 35.8 Å². The third-order valence-corrected chi connectivity index (χ3v) is 2.78. The molecule has 96 valence electrons. The molecule has 0 aliphatic carbocycles. The lowest BCUT2D eigenvalue weighted by Crippen LogP contribution is -2.11. The van der Waals surface area contributed by atoms with Crippen LogP contribution in [0.25, 0.3) is 0 Å². The molecule has 0 unspecified atom stereocenters. The Balaban J connectivity index is 2.19. The van der Waals surface area contributed by atoms with E-state index in [1.807, 2.05) is 29.8 Å². The summed E-state index contributed by atoms with van der Waals surface area (Å²) in [4.78, 5) is 4.27. The fraction of sp³-hybridized carbons (Fsp3) is 0.385. The van der Waals surface area contributed by atoms with E-state index in [2.05, 4.69) is 29.2 Å². The first kappa shape index (κ1) is 12.4. The van der Waals surface area contributed by atoms with E-state index in [0.29, 0.717) is 12.2 Å². The number of nitrogens with two attached hydrogens (primary N) is 1. The second kappa shape index (κ2) is 5.08. The molecule has 0 aliphatic rings. The van der Waals surface area contributed by atoms with Crippen LogP contribution in [0.5, 0.6) is 0 Å². The van der Waals surface area contributed by atoms with Crippen molar-refractivity contribution in [3.8, 4) is 0 Å². The van der Waals surface area contributed by atoms with E-state index in [1.54, 1.807) is 6.20 Å². The van der Waals surface area contributed by atoms with Crippen LogP contribution in [-0.4, -0.2) is 14.8 Å². The number of aromatic nitrogens is 3. The van der Waals surface area contributed by atoms with Crippen LogP contribution >= 0.6 is 0 Å². The molecule has 18 heavy (non-hydrogen) atoms. The Labute approximate surface area is 107 Å². The van der Waals surface area contributed by atoms with E-state index in [4.69, 9.17) is 5.73 Å². The predicted molar refractivity (Wildman–Crippen MR) is 73.3 cm³/mol. The highest BCUT2D eigenvalue weighted by molar-refractivity contribution is 5.64. The van der Waals surface area contributed by atoms with Crippen molar-refractivity contribution in [1.29, 1.82) is 0 Å². The molecule has 0 saturated carbocycles. The first-order chi connectivity index (χ1) is 8.59. The van der Waals surface area contributed by atoms with Gasteiger partial charge in [0.25, 0.3) is 0 Å². The maximum atomic E-state index is 6.04. The summed E-state index contributed by atoms with van der Waals surface area (Å²) in [7, 11) is 0. The van der Waals surface area contributed by atoms with Gasteiger partial charge >= 0.3 is 0 Å². The van der Waals surface area contributed by atoms with Crippen LogP contribution in [0.2, 0.25) is 0 Å². The quantitative estimate of drug-likeness (QED) is 0.867. The summed E-state index contributed by atoms with van der Waals surface area (Å²) in [5.74, 6) is 0.869. The molecule has 3 N–H and O–H groups in total. The van der Waals surface area contributed by atoms with E-state index in [9.17, 15) is 0 Å². The fourth-order valence-electron chi connectivity index (χ4n) is 1.79. The summed E-state index contributed by atoms with van der Waals surface area (Å²) in [5, 5.41) is 7.74. The molecule has 0 aliphatic heterocycles. The van der Waals surface area contributed by atoms with Crippen LogP contribution in [0, 0.1) is 6.92 Å². The monoisotopic (exact) mass is 245 g/mol. The lowest BCUT2D eigenvalue weighted by Gasteiger charge is -2.13. The van der Waals surface area contributed by atoms with E-state index in [-0.39, 0.29) is 6.04 Å². The molecule has 0 amide bonds. The van der Waals surface area contributed by atoms with Gasteiger partial charge in [0.1, 0.15) is 5.82 Å². The van der Waals surface area contributed by atoms with Gasteiger partial charge in [-0.1, -0.05) is 6.07 Å². The van der Waals surface area contributed by atoms with Crippen molar-refractivity contribution in [2.24, 2.45) is 0 Å². The third-order valence-electron chi connectivity index (χ3n) is 2.78. The molecule has 2 aromatic rings. The smallest absolute Gasteiger partial charge is 0.148 e. The van der Waals surface area contributed by atoms with E-state index in [0.717, 1.165) is 17.2 Å². The zero-order valence-corrected chi connectivity index (χ0v) is 11.0. The Morgan fingerprint density at radius 1 is 1.39 bits per heavy atom. The molecule has 0 saturated heterocycles. The Bertz CT molecular complexity index is 516. The molecule has 5 nitrogen and oxygen atoms in total. The molecule has 0 atom stereocenters. The van der Waals surface area contributed by atoms with Gasteiger partial charge in [0.15, 0.2) is 0 Å². The highest BCUT2D eigenvalue weighted by atomic mass is 15.4. The number of nitrogens with one attached hydrogen (secondary N) is 1. The average molecular weight is 245 g/mol. The number of rotatable bonds is 4. The molecule has 2 heterocycles. The van der Waals surface area contributed by atoms with Crippen molar-refractivity contribution in [2.75, 3.05) is 11.1 Å². The highest BCUT2D eigenvalue weighted by Crippen LogP contribution is 2.25. The third kappa shape index (κ3) is 2.45. The average Bonchev–Trinajstić information content (AvgIpc) is 2.65. The van der Waals surface area contributed by atoms with Crippen LogP contribution < -0.4 is 11.1 Å². The van der Waals surface area contributed by atoms with Crippen molar-refractivity contribution in [2.45, 2.75) is 33.4 Å². The normalized spacial score (nSPS) is 10.9. The standard InChI is InChI=1S/C13H19N5/c1-9(2)18-13(12(14)10(3)17-18)16-8-11-6-4-5-7-15-11/h4-7,9,16H,8,14H2,1-3H3. The molecule has 2 rings (SSSR count). The van der Waals surface area contributed by atoms with Gasteiger partial charge in [0.2, 0.25) is 0 Å². The fourth-order valence-corrected chi connectivity index (χ4v) is 1.79. The second-order valence-electron chi connectivity index (χ2n) is 4.56. The summed E-state index contributed by atoms with van der Waals surface area (Å²) in [6.07, 6.45) is 1.78.